The molecule has 13 aromatic carbocycles. The van der Waals surface area contributed by atoms with E-state index in [0.29, 0.717) is 34.9 Å². The predicted molar refractivity (Wildman–Crippen MR) is 364 cm³/mol. The Morgan fingerprint density at radius 1 is 0.227 bits per heavy atom. The Balaban J connectivity index is 0.000000143. The zero-order valence-electron chi connectivity index (χ0n) is 47.4. The van der Waals surface area contributed by atoms with Crippen LogP contribution in [0.2, 0.25) is 0 Å². The second-order valence-electron chi connectivity index (χ2n) is 21.7. The van der Waals surface area contributed by atoms with Crippen LogP contribution >= 0.6 is 11.3 Å². The van der Waals surface area contributed by atoms with E-state index in [1.807, 2.05) is 127 Å². The molecule has 0 aliphatic heterocycles. The van der Waals surface area contributed by atoms with Crippen molar-refractivity contribution in [3.63, 3.8) is 0 Å². The summed E-state index contributed by atoms with van der Waals surface area (Å²) in [6.07, 6.45) is 0. The lowest BCUT2D eigenvalue weighted by molar-refractivity contribution is 0.669. The average molecular weight is 1140 g/mol. The number of fused-ring (bicyclic) bond motifs is 9. The molecule has 7 nitrogen and oxygen atoms in total. The molecular weight excluding hydrogens is 1090 g/mol. The topological polar surface area (TPSA) is 90.5 Å². The van der Waals surface area contributed by atoms with Crippen LogP contribution in [0.4, 0.5) is 0 Å². The Hall–Kier alpha value is -11.6. The van der Waals surface area contributed by atoms with Crippen LogP contribution < -0.4 is 0 Å². The van der Waals surface area contributed by atoms with E-state index >= 15 is 0 Å². The largest absolute Gasteiger partial charge is 0.456 e. The Kier molecular flexibility index (Phi) is 13.3. The molecule has 0 atom stereocenters. The van der Waals surface area contributed by atoms with Gasteiger partial charge in [0.15, 0.2) is 34.9 Å². The van der Waals surface area contributed by atoms with Gasteiger partial charge in [-0.2, -0.15) is 0 Å². The average Bonchev–Trinajstić information content (AvgIpc) is 2.95. The summed E-state index contributed by atoms with van der Waals surface area (Å²) in [5.74, 6) is 3.84. The van der Waals surface area contributed by atoms with E-state index in [4.69, 9.17) is 34.3 Å². The van der Waals surface area contributed by atoms with Gasteiger partial charge in [-0.3, -0.25) is 0 Å². The Morgan fingerprint density at radius 3 is 1.24 bits per heavy atom. The lowest BCUT2D eigenvalue weighted by Crippen LogP contribution is -2.00. The predicted octanol–water partition coefficient (Wildman–Crippen LogP) is 21.3. The lowest BCUT2D eigenvalue weighted by atomic mass is 9.96. The molecule has 0 spiro atoms. The van der Waals surface area contributed by atoms with Crippen molar-refractivity contribution in [1.82, 2.24) is 29.9 Å². The monoisotopic (exact) mass is 1140 g/mol. The first-order valence-electron chi connectivity index (χ1n) is 29.3. The summed E-state index contributed by atoms with van der Waals surface area (Å²) in [5, 5.41) is 9.81. The van der Waals surface area contributed by atoms with Crippen LogP contribution in [0.3, 0.4) is 0 Å². The molecule has 0 radical (unpaired) electrons. The van der Waals surface area contributed by atoms with Gasteiger partial charge in [-0.15, -0.1) is 11.3 Å². The molecule has 17 aromatic rings. The highest BCUT2D eigenvalue weighted by atomic mass is 32.1. The van der Waals surface area contributed by atoms with Gasteiger partial charge in [0.05, 0.1) is 0 Å². The third-order valence-electron chi connectivity index (χ3n) is 16.3. The highest BCUT2D eigenvalue weighted by Crippen LogP contribution is 2.43. The third kappa shape index (κ3) is 9.89. The minimum absolute atomic E-state index is 0.595. The molecule has 0 amide bonds. The van der Waals surface area contributed by atoms with E-state index < -0.39 is 0 Å². The fourth-order valence-electron chi connectivity index (χ4n) is 11.9. The zero-order chi connectivity index (χ0) is 58.3. The highest BCUT2D eigenvalue weighted by molar-refractivity contribution is 7.26. The standard InChI is InChI=1S/C43H27N3O.C37H23N3S/c1-3-11-30(12-4-1)36-16-9-17-38-40(36)37-25-24-35(27-39(37)47-38)43-45-41(31-13-5-2-6-14-31)44-42(46-43)32-21-18-29(19-22-32)34-23-20-28-10-7-8-15-33(28)26-34;1-3-10-26(11-4-1)35-38-36(27-12-5-2-6-13-27)40-37(39-35)28-20-18-24(19-21-28)29-16-9-14-25-22-23-31-30-15-7-8-17-32(30)41-34(31)33(25)29/h1-27H;1-23H. The third-order valence-corrected chi connectivity index (χ3v) is 17.5. The molecular formula is C80H50N6OS. The molecule has 0 N–H and O–H groups in total. The molecule has 0 fully saturated rings. The van der Waals surface area contributed by atoms with Crippen molar-refractivity contribution in [2.75, 3.05) is 0 Å². The molecule has 0 saturated carbocycles. The zero-order valence-corrected chi connectivity index (χ0v) is 48.2. The fraction of sp³-hybridized carbons (Fsp3) is 0. The highest BCUT2D eigenvalue weighted by Gasteiger charge is 2.19. The number of hydrogen-bond acceptors (Lipinski definition) is 8. The molecule has 88 heavy (non-hydrogen) atoms. The maximum absolute atomic E-state index is 6.42. The van der Waals surface area contributed by atoms with Crippen LogP contribution in [0.5, 0.6) is 0 Å². The first-order valence-corrected chi connectivity index (χ1v) is 30.1. The normalized spacial score (nSPS) is 11.4. The van der Waals surface area contributed by atoms with Crippen LogP contribution in [0, 0.1) is 0 Å². The summed E-state index contributed by atoms with van der Waals surface area (Å²) in [6.45, 7) is 0. The minimum Gasteiger partial charge on any atom is -0.456 e. The molecule has 0 unspecified atom stereocenters. The molecule has 412 valence electrons. The number of benzene rings is 13. The summed E-state index contributed by atoms with van der Waals surface area (Å²) >= 11 is 1.87. The molecule has 8 heteroatoms. The number of hydrogen-bond donors (Lipinski definition) is 0. The van der Waals surface area contributed by atoms with Gasteiger partial charge < -0.3 is 4.42 Å². The van der Waals surface area contributed by atoms with E-state index in [2.05, 4.69) is 188 Å². The fourth-order valence-corrected chi connectivity index (χ4v) is 13.2. The number of thiophene rings is 1. The lowest BCUT2D eigenvalue weighted by Gasteiger charge is -2.11. The summed E-state index contributed by atoms with van der Waals surface area (Å²) in [5.41, 5.74) is 14.3. The van der Waals surface area contributed by atoms with E-state index in [9.17, 15) is 0 Å². The van der Waals surface area contributed by atoms with Gasteiger partial charge in [-0.1, -0.05) is 273 Å². The number of furan rings is 1. The second-order valence-corrected chi connectivity index (χ2v) is 22.8. The van der Waals surface area contributed by atoms with Crippen LogP contribution in [0.15, 0.2) is 308 Å². The summed E-state index contributed by atoms with van der Waals surface area (Å²) in [7, 11) is 0. The van der Waals surface area contributed by atoms with Crippen LogP contribution in [0.1, 0.15) is 0 Å². The van der Waals surface area contributed by atoms with Crippen molar-refractivity contribution >= 4 is 75.0 Å². The molecule has 0 aliphatic carbocycles. The Labute approximate surface area is 511 Å². The van der Waals surface area contributed by atoms with Crippen molar-refractivity contribution in [3.05, 3.63) is 303 Å². The van der Waals surface area contributed by atoms with Gasteiger partial charge in [0.25, 0.3) is 0 Å². The summed E-state index contributed by atoms with van der Waals surface area (Å²) in [6, 6.07) is 105. The first kappa shape index (κ1) is 52.0. The van der Waals surface area contributed by atoms with E-state index in [-0.39, 0.29) is 0 Å². The molecule has 17 rings (SSSR count). The maximum atomic E-state index is 6.42. The SMILES string of the molecule is c1ccc(-c2nc(-c3ccc(-c4ccc5ccccc5c4)cc3)nc(-c3ccc4c(c3)oc3cccc(-c5ccccc5)c34)n2)cc1.c1ccc(-c2nc(-c3ccccc3)nc(-c3ccc(-c4cccc5ccc6c7ccccc7sc6c45)cc3)n2)cc1. The van der Waals surface area contributed by atoms with E-state index in [1.54, 1.807) is 0 Å². The minimum atomic E-state index is 0.595. The van der Waals surface area contributed by atoms with Gasteiger partial charge in [0.2, 0.25) is 0 Å². The van der Waals surface area contributed by atoms with Gasteiger partial charge in [0.1, 0.15) is 11.2 Å². The molecule has 0 saturated heterocycles. The van der Waals surface area contributed by atoms with Gasteiger partial charge in [0, 0.05) is 69.7 Å². The smallest absolute Gasteiger partial charge is 0.164 e. The van der Waals surface area contributed by atoms with Crippen LogP contribution in [-0.2, 0) is 0 Å². The maximum Gasteiger partial charge on any atom is 0.164 e. The van der Waals surface area contributed by atoms with Gasteiger partial charge in [-0.05, 0) is 79.9 Å². The second kappa shape index (κ2) is 22.4. The first-order chi connectivity index (χ1) is 43.6. The van der Waals surface area contributed by atoms with Crippen molar-refractivity contribution in [1.29, 1.82) is 0 Å². The number of aromatic nitrogens is 6. The van der Waals surface area contributed by atoms with Crippen molar-refractivity contribution in [2.24, 2.45) is 0 Å². The van der Waals surface area contributed by atoms with Gasteiger partial charge >= 0.3 is 0 Å². The van der Waals surface area contributed by atoms with E-state index in [1.165, 1.54) is 58.4 Å². The van der Waals surface area contributed by atoms with E-state index in [0.717, 1.165) is 72.0 Å². The quantitative estimate of drug-likeness (QED) is 0.142. The number of nitrogens with zero attached hydrogens (tertiary/aromatic N) is 6. The molecule has 4 heterocycles. The van der Waals surface area contributed by atoms with Crippen molar-refractivity contribution in [3.8, 4) is 102 Å². The Bertz CT molecular complexity index is 5360. The summed E-state index contributed by atoms with van der Waals surface area (Å²) < 4.78 is 9.07. The molecule has 4 aromatic heterocycles. The summed E-state index contributed by atoms with van der Waals surface area (Å²) in [4.78, 5) is 29.5. The Morgan fingerprint density at radius 2 is 0.636 bits per heavy atom. The van der Waals surface area contributed by atoms with Crippen LogP contribution in [-0.4, -0.2) is 29.9 Å². The number of rotatable bonds is 9. The molecule has 0 bridgehead atoms. The molecule has 0 aliphatic rings. The van der Waals surface area contributed by atoms with Gasteiger partial charge in [-0.25, -0.2) is 29.9 Å². The van der Waals surface area contributed by atoms with Crippen molar-refractivity contribution in [2.45, 2.75) is 0 Å². The van der Waals surface area contributed by atoms with Crippen molar-refractivity contribution < 1.29 is 4.42 Å². The van der Waals surface area contributed by atoms with Crippen LogP contribution in [0.25, 0.3) is 165 Å².